The minimum Gasteiger partial charge on any atom is -0.316 e. The summed E-state index contributed by atoms with van der Waals surface area (Å²) in [6, 6.07) is 8.93. The molecule has 2 aliphatic heterocycles. The molecule has 2 heterocycles. The van der Waals surface area contributed by atoms with Crippen LogP contribution in [0.1, 0.15) is 30.4 Å². The second kappa shape index (κ2) is 8.89. The van der Waals surface area contributed by atoms with Crippen LogP contribution >= 0.6 is 24.8 Å². The van der Waals surface area contributed by atoms with Gasteiger partial charge in [0.25, 0.3) is 0 Å². The summed E-state index contributed by atoms with van der Waals surface area (Å²) in [7, 11) is 0. The largest absolute Gasteiger partial charge is 0.316 e. The van der Waals surface area contributed by atoms with Crippen LogP contribution in [0.15, 0.2) is 24.3 Å². The molecule has 4 heteroatoms. The van der Waals surface area contributed by atoms with Gasteiger partial charge in [0, 0.05) is 13.1 Å². The molecule has 3 rings (SSSR count). The van der Waals surface area contributed by atoms with E-state index in [1.54, 1.807) is 11.1 Å². The van der Waals surface area contributed by atoms with Crippen molar-refractivity contribution in [1.29, 1.82) is 0 Å². The Balaban J connectivity index is 0.000001000. The van der Waals surface area contributed by atoms with E-state index in [0.717, 1.165) is 12.5 Å². The van der Waals surface area contributed by atoms with Gasteiger partial charge in [0.05, 0.1) is 0 Å². The number of halogens is 2. The number of fused-ring (bicyclic) bond motifs is 1. The van der Waals surface area contributed by atoms with Crippen molar-refractivity contribution >= 4 is 24.8 Å². The highest BCUT2D eigenvalue weighted by Gasteiger charge is 2.18. The van der Waals surface area contributed by atoms with E-state index in [0.29, 0.717) is 0 Å². The summed E-state index contributed by atoms with van der Waals surface area (Å²) in [4.78, 5) is 2.64. The van der Waals surface area contributed by atoms with Crippen molar-refractivity contribution in [3.63, 3.8) is 0 Å². The third kappa shape index (κ3) is 4.63. The summed E-state index contributed by atoms with van der Waals surface area (Å²) < 4.78 is 0. The van der Waals surface area contributed by atoms with Gasteiger partial charge >= 0.3 is 0 Å². The first kappa shape index (κ1) is 17.8. The fourth-order valence-corrected chi connectivity index (χ4v) is 3.28. The summed E-state index contributed by atoms with van der Waals surface area (Å²) >= 11 is 0. The van der Waals surface area contributed by atoms with Crippen molar-refractivity contribution in [3.05, 3.63) is 35.4 Å². The molecular weight excluding hydrogens is 291 g/mol. The molecule has 0 bridgehead atoms. The van der Waals surface area contributed by atoms with Crippen LogP contribution in [0.3, 0.4) is 0 Å². The van der Waals surface area contributed by atoms with Gasteiger partial charge in [0.2, 0.25) is 0 Å². The van der Waals surface area contributed by atoms with Crippen LogP contribution < -0.4 is 5.32 Å². The zero-order valence-corrected chi connectivity index (χ0v) is 13.6. The Morgan fingerprint density at radius 3 is 2.70 bits per heavy atom. The molecule has 20 heavy (non-hydrogen) atoms. The SMILES string of the molecule is Cl.Cl.c1ccc2c(c1)CCN(CCC1CCCNC1)C2. The van der Waals surface area contributed by atoms with Crippen molar-refractivity contribution in [2.45, 2.75) is 32.2 Å². The molecule has 1 fully saturated rings. The van der Waals surface area contributed by atoms with Gasteiger partial charge in [-0.15, -0.1) is 24.8 Å². The van der Waals surface area contributed by atoms with E-state index < -0.39 is 0 Å². The molecule has 1 unspecified atom stereocenters. The van der Waals surface area contributed by atoms with Gasteiger partial charge in [-0.05, 0) is 62.4 Å². The quantitative estimate of drug-likeness (QED) is 0.920. The molecular formula is C16H26Cl2N2. The van der Waals surface area contributed by atoms with E-state index >= 15 is 0 Å². The first-order chi connectivity index (χ1) is 8.92. The van der Waals surface area contributed by atoms with Crippen LogP contribution in [-0.2, 0) is 13.0 Å². The molecule has 0 radical (unpaired) electrons. The smallest absolute Gasteiger partial charge is 0.0236 e. The van der Waals surface area contributed by atoms with Gasteiger partial charge in [0.15, 0.2) is 0 Å². The van der Waals surface area contributed by atoms with Crippen molar-refractivity contribution in [2.75, 3.05) is 26.2 Å². The highest BCUT2D eigenvalue weighted by atomic mass is 35.5. The predicted molar refractivity (Wildman–Crippen MR) is 90.1 cm³/mol. The number of nitrogens with zero attached hydrogens (tertiary/aromatic N) is 1. The maximum atomic E-state index is 3.52. The highest BCUT2D eigenvalue weighted by molar-refractivity contribution is 5.85. The molecule has 2 aliphatic rings. The molecule has 0 saturated carbocycles. The molecule has 0 aliphatic carbocycles. The van der Waals surface area contributed by atoms with Gasteiger partial charge in [-0.3, -0.25) is 4.90 Å². The summed E-state index contributed by atoms with van der Waals surface area (Å²) in [6.07, 6.45) is 5.40. The fraction of sp³-hybridized carbons (Fsp3) is 0.625. The van der Waals surface area contributed by atoms with E-state index in [2.05, 4.69) is 34.5 Å². The van der Waals surface area contributed by atoms with E-state index in [1.807, 2.05) is 0 Å². The third-order valence-electron chi connectivity index (χ3n) is 4.46. The lowest BCUT2D eigenvalue weighted by Gasteiger charge is -2.31. The van der Waals surface area contributed by atoms with E-state index in [9.17, 15) is 0 Å². The first-order valence-electron chi connectivity index (χ1n) is 7.41. The van der Waals surface area contributed by atoms with Gasteiger partial charge < -0.3 is 5.32 Å². The molecule has 2 nitrogen and oxygen atoms in total. The van der Waals surface area contributed by atoms with Crippen molar-refractivity contribution in [3.8, 4) is 0 Å². The van der Waals surface area contributed by atoms with E-state index in [4.69, 9.17) is 0 Å². The Labute approximate surface area is 135 Å². The van der Waals surface area contributed by atoms with Crippen molar-refractivity contribution in [1.82, 2.24) is 10.2 Å². The third-order valence-corrected chi connectivity index (χ3v) is 4.46. The summed E-state index contributed by atoms with van der Waals surface area (Å²) in [5, 5.41) is 3.52. The summed E-state index contributed by atoms with van der Waals surface area (Å²) in [5.74, 6) is 0.913. The lowest BCUT2D eigenvalue weighted by atomic mass is 9.95. The second-order valence-corrected chi connectivity index (χ2v) is 5.80. The number of nitrogens with one attached hydrogen (secondary N) is 1. The molecule has 1 N–H and O–H groups in total. The van der Waals surface area contributed by atoms with Gasteiger partial charge in [-0.2, -0.15) is 0 Å². The molecule has 0 spiro atoms. The highest BCUT2D eigenvalue weighted by Crippen LogP contribution is 2.20. The Kier molecular flexibility index (Phi) is 7.90. The molecule has 114 valence electrons. The molecule has 0 aromatic heterocycles. The molecule has 1 saturated heterocycles. The number of benzene rings is 1. The van der Waals surface area contributed by atoms with Crippen LogP contribution in [0.4, 0.5) is 0 Å². The Hall–Kier alpha value is -0.280. The van der Waals surface area contributed by atoms with Crippen LogP contribution in [0.5, 0.6) is 0 Å². The topological polar surface area (TPSA) is 15.3 Å². The van der Waals surface area contributed by atoms with Crippen LogP contribution in [0, 0.1) is 5.92 Å². The first-order valence-corrected chi connectivity index (χ1v) is 7.41. The number of piperidine rings is 1. The number of hydrogen-bond donors (Lipinski definition) is 1. The minimum atomic E-state index is 0. The van der Waals surface area contributed by atoms with Crippen LogP contribution in [0.2, 0.25) is 0 Å². The van der Waals surface area contributed by atoms with Crippen LogP contribution in [-0.4, -0.2) is 31.1 Å². The lowest BCUT2D eigenvalue weighted by molar-refractivity contribution is 0.222. The van der Waals surface area contributed by atoms with Crippen molar-refractivity contribution in [2.24, 2.45) is 5.92 Å². The van der Waals surface area contributed by atoms with E-state index in [-0.39, 0.29) is 24.8 Å². The molecule has 1 aromatic carbocycles. The molecule has 0 amide bonds. The van der Waals surface area contributed by atoms with Gasteiger partial charge in [-0.1, -0.05) is 24.3 Å². The van der Waals surface area contributed by atoms with Crippen LogP contribution in [0.25, 0.3) is 0 Å². The average Bonchev–Trinajstić information content (AvgIpc) is 2.46. The second-order valence-electron chi connectivity index (χ2n) is 5.80. The monoisotopic (exact) mass is 316 g/mol. The summed E-state index contributed by atoms with van der Waals surface area (Å²) in [6.45, 7) is 6.16. The Morgan fingerprint density at radius 2 is 1.95 bits per heavy atom. The number of hydrogen-bond acceptors (Lipinski definition) is 2. The normalized spacial score (nSPS) is 22.3. The average molecular weight is 317 g/mol. The zero-order chi connectivity index (χ0) is 12.2. The Bertz CT molecular complexity index is 392. The van der Waals surface area contributed by atoms with E-state index in [1.165, 1.54) is 51.9 Å². The fourth-order valence-electron chi connectivity index (χ4n) is 3.28. The number of rotatable bonds is 3. The predicted octanol–water partition coefficient (Wildman–Crippen LogP) is 3.28. The zero-order valence-electron chi connectivity index (χ0n) is 12.0. The van der Waals surface area contributed by atoms with Crippen molar-refractivity contribution < 1.29 is 0 Å². The minimum absolute atomic E-state index is 0. The molecule has 1 aromatic rings. The maximum absolute atomic E-state index is 3.52. The summed E-state index contributed by atoms with van der Waals surface area (Å²) in [5.41, 5.74) is 3.11. The standard InChI is InChI=1S/C16H24N2.2ClH/c1-2-6-16-13-18(11-8-15(16)5-1)10-7-14-4-3-9-17-12-14;;/h1-2,5-6,14,17H,3-4,7-13H2;2*1H. The van der Waals surface area contributed by atoms with Gasteiger partial charge in [-0.25, -0.2) is 0 Å². The lowest BCUT2D eigenvalue weighted by Crippen LogP contribution is -2.35. The van der Waals surface area contributed by atoms with Gasteiger partial charge in [0.1, 0.15) is 0 Å². The molecule has 1 atom stereocenters. The maximum Gasteiger partial charge on any atom is 0.0236 e. The Morgan fingerprint density at radius 1 is 1.15 bits per heavy atom.